The van der Waals surface area contributed by atoms with Gasteiger partial charge in [-0.05, 0) is 27.3 Å². The maximum absolute atomic E-state index is 5.85. The van der Waals surface area contributed by atoms with E-state index in [9.17, 15) is 0 Å². The third kappa shape index (κ3) is 2.13. The zero-order valence-corrected chi connectivity index (χ0v) is 10.3. The minimum atomic E-state index is 0.206. The smallest absolute Gasteiger partial charge is 0.103 e. The Bertz CT molecular complexity index is 335. The van der Waals surface area contributed by atoms with Gasteiger partial charge < -0.3 is 14.6 Å². The highest BCUT2D eigenvalue weighted by atomic mass is 16.5. The van der Waals surface area contributed by atoms with Gasteiger partial charge in [-0.2, -0.15) is 0 Å². The molecule has 4 heteroatoms. The number of nitrogens with one attached hydrogen (secondary N) is 1. The van der Waals surface area contributed by atoms with Gasteiger partial charge in [0.05, 0.1) is 18.2 Å². The molecule has 90 valence electrons. The molecule has 0 amide bonds. The molecule has 16 heavy (non-hydrogen) atoms. The first-order chi connectivity index (χ1) is 7.74. The van der Waals surface area contributed by atoms with Crippen LogP contribution in [0.4, 0.5) is 0 Å². The molecule has 4 nitrogen and oxygen atoms in total. The molecule has 0 bridgehead atoms. The van der Waals surface area contributed by atoms with Crippen LogP contribution in [0, 0.1) is 5.92 Å². The molecule has 1 aromatic heterocycles. The fraction of sp³-hybridized carbons (Fsp3) is 0.750. The van der Waals surface area contributed by atoms with Gasteiger partial charge in [-0.15, -0.1) is 0 Å². The summed E-state index contributed by atoms with van der Waals surface area (Å²) in [6, 6.07) is 0.442. The van der Waals surface area contributed by atoms with Gasteiger partial charge in [0, 0.05) is 25.1 Å². The molecule has 0 radical (unpaired) electrons. The van der Waals surface area contributed by atoms with Crippen LogP contribution < -0.4 is 5.32 Å². The zero-order valence-electron chi connectivity index (χ0n) is 10.3. The fourth-order valence-corrected chi connectivity index (χ4v) is 2.40. The highest BCUT2D eigenvalue weighted by Gasteiger charge is 2.31. The molecule has 2 atom stereocenters. The Morgan fingerprint density at radius 2 is 2.44 bits per heavy atom. The molecule has 2 heterocycles. The van der Waals surface area contributed by atoms with Crippen molar-refractivity contribution >= 4 is 0 Å². The first-order valence-electron chi connectivity index (χ1n) is 6.02. The summed E-state index contributed by atoms with van der Waals surface area (Å²) >= 11 is 0. The second-order valence-corrected chi connectivity index (χ2v) is 4.72. The van der Waals surface area contributed by atoms with Gasteiger partial charge >= 0.3 is 0 Å². The predicted molar refractivity (Wildman–Crippen MR) is 63.3 cm³/mol. The molecule has 1 fully saturated rings. The Morgan fingerprint density at radius 3 is 3.12 bits per heavy atom. The Kier molecular flexibility index (Phi) is 3.61. The summed E-state index contributed by atoms with van der Waals surface area (Å²) in [4.78, 5) is 4.25. The summed E-state index contributed by atoms with van der Waals surface area (Å²) in [6.45, 7) is 6.22. The summed E-state index contributed by atoms with van der Waals surface area (Å²) in [6.07, 6.45) is 5.18. The first-order valence-corrected chi connectivity index (χ1v) is 6.02. The number of ether oxygens (including phenoxy) is 1. The summed E-state index contributed by atoms with van der Waals surface area (Å²) in [5, 5.41) is 3.24. The minimum Gasteiger partial charge on any atom is -0.372 e. The van der Waals surface area contributed by atoms with E-state index in [-0.39, 0.29) is 6.10 Å². The van der Waals surface area contributed by atoms with Crippen molar-refractivity contribution in [3.05, 3.63) is 18.2 Å². The Hall–Kier alpha value is -0.870. The Morgan fingerprint density at radius 1 is 1.62 bits per heavy atom. The molecular formula is C12H21N3O. The van der Waals surface area contributed by atoms with Crippen LogP contribution in [0.5, 0.6) is 0 Å². The third-order valence-electron chi connectivity index (χ3n) is 3.22. The van der Waals surface area contributed by atoms with Gasteiger partial charge in [-0.1, -0.05) is 0 Å². The molecule has 0 aliphatic carbocycles. The summed E-state index contributed by atoms with van der Waals surface area (Å²) < 4.78 is 8.06. The third-order valence-corrected chi connectivity index (χ3v) is 3.22. The molecule has 2 rings (SSSR count). The van der Waals surface area contributed by atoms with Crippen molar-refractivity contribution in [2.75, 3.05) is 20.2 Å². The van der Waals surface area contributed by atoms with E-state index in [0.29, 0.717) is 12.0 Å². The van der Waals surface area contributed by atoms with Gasteiger partial charge in [0.15, 0.2) is 0 Å². The van der Waals surface area contributed by atoms with Crippen LogP contribution in [-0.4, -0.2) is 29.8 Å². The Balaban J connectivity index is 2.19. The molecule has 1 saturated heterocycles. The maximum atomic E-state index is 5.85. The van der Waals surface area contributed by atoms with Crippen molar-refractivity contribution in [3.8, 4) is 0 Å². The van der Waals surface area contributed by atoms with Crippen LogP contribution >= 0.6 is 0 Å². The van der Waals surface area contributed by atoms with Gasteiger partial charge in [0.1, 0.15) is 6.10 Å². The number of hydrogen-bond donors (Lipinski definition) is 1. The number of imidazole rings is 1. The van der Waals surface area contributed by atoms with Crippen molar-refractivity contribution in [1.82, 2.24) is 14.9 Å². The molecule has 0 aromatic carbocycles. The minimum absolute atomic E-state index is 0.206. The second kappa shape index (κ2) is 4.97. The first kappa shape index (κ1) is 11.6. The van der Waals surface area contributed by atoms with Gasteiger partial charge in [-0.25, -0.2) is 4.98 Å². The number of rotatable bonds is 4. The lowest BCUT2D eigenvalue weighted by atomic mass is 9.99. The van der Waals surface area contributed by atoms with Crippen molar-refractivity contribution in [2.45, 2.75) is 32.4 Å². The van der Waals surface area contributed by atoms with Crippen LogP contribution in [0.3, 0.4) is 0 Å². The highest BCUT2D eigenvalue weighted by Crippen LogP contribution is 2.34. The summed E-state index contributed by atoms with van der Waals surface area (Å²) in [5.41, 5.74) is 1.22. The quantitative estimate of drug-likeness (QED) is 0.845. The molecular weight excluding hydrogens is 202 g/mol. The van der Waals surface area contributed by atoms with Crippen LogP contribution in [0.2, 0.25) is 0 Å². The largest absolute Gasteiger partial charge is 0.372 e. The van der Waals surface area contributed by atoms with E-state index in [0.717, 1.165) is 19.6 Å². The number of nitrogens with zero attached hydrogens (tertiary/aromatic N) is 2. The predicted octanol–water partition coefficient (Wildman–Crippen LogP) is 1.76. The molecule has 1 aliphatic rings. The van der Waals surface area contributed by atoms with E-state index in [4.69, 9.17) is 4.74 Å². The maximum Gasteiger partial charge on any atom is 0.103 e. The van der Waals surface area contributed by atoms with Gasteiger partial charge in [0.2, 0.25) is 0 Å². The van der Waals surface area contributed by atoms with Crippen LogP contribution in [-0.2, 0) is 4.74 Å². The SMILES string of the molecule is CNCC1CCOC1c1cncn1C(C)C. The van der Waals surface area contributed by atoms with Crippen LogP contribution in [0.15, 0.2) is 12.5 Å². The van der Waals surface area contributed by atoms with Crippen LogP contribution in [0.1, 0.15) is 38.1 Å². The molecule has 0 spiro atoms. The molecule has 1 aromatic rings. The van der Waals surface area contributed by atoms with Crippen molar-refractivity contribution in [1.29, 1.82) is 0 Å². The topological polar surface area (TPSA) is 39.1 Å². The molecule has 1 N–H and O–H groups in total. The van der Waals surface area contributed by atoms with E-state index in [2.05, 4.69) is 28.7 Å². The second-order valence-electron chi connectivity index (χ2n) is 4.72. The zero-order chi connectivity index (χ0) is 11.5. The molecule has 0 saturated carbocycles. The van der Waals surface area contributed by atoms with E-state index in [1.165, 1.54) is 5.69 Å². The lowest BCUT2D eigenvalue weighted by Gasteiger charge is -2.21. The molecule has 1 aliphatic heterocycles. The normalized spacial score (nSPS) is 25.5. The molecule has 2 unspecified atom stereocenters. The fourth-order valence-electron chi connectivity index (χ4n) is 2.40. The van der Waals surface area contributed by atoms with Gasteiger partial charge in [-0.3, -0.25) is 0 Å². The average Bonchev–Trinajstić information content (AvgIpc) is 2.83. The summed E-state index contributed by atoms with van der Waals surface area (Å²) in [7, 11) is 2.00. The van der Waals surface area contributed by atoms with Crippen molar-refractivity contribution in [2.24, 2.45) is 5.92 Å². The lowest BCUT2D eigenvalue weighted by Crippen LogP contribution is -2.23. The van der Waals surface area contributed by atoms with Crippen molar-refractivity contribution in [3.63, 3.8) is 0 Å². The van der Waals surface area contributed by atoms with Gasteiger partial charge in [0.25, 0.3) is 0 Å². The van der Waals surface area contributed by atoms with E-state index in [1.54, 1.807) is 0 Å². The Labute approximate surface area is 97.0 Å². The van der Waals surface area contributed by atoms with E-state index < -0.39 is 0 Å². The van der Waals surface area contributed by atoms with E-state index in [1.807, 2.05) is 19.6 Å². The standard InChI is InChI=1S/C12H21N3O/c1-9(2)15-8-14-7-11(15)12-10(6-13-3)4-5-16-12/h7-10,12-13H,4-6H2,1-3H3. The van der Waals surface area contributed by atoms with Crippen LogP contribution in [0.25, 0.3) is 0 Å². The number of aromatic nitrogens is 2. The monoisotopic (exact) mass is 223 g/mol. The van der Waals surface area contributed by atoms with Crippen molar-refractivity contribution < 1.29 is 4.74 Å². The van der Waals surface area contributed by atoms with E-state index >= 15 is 0 Å². The lowest BCUT2D eigenvalue weighted by molar-refractivity contribution is 0.0835. The average molecular weight is 223 g/mol. The highest BCUT2D eigenvalue weighted by molar-refractivity contribution is 5.07. The summed E-state index contributed by atoms with van der Waals surface area (Å²) in [5.74, 6) is 0.569. The number of hydrogen-bond acceptors (Lipinski definition) is 3.